The van der Waals surface area contributed by atoms with Gasteiger partial charge in [-0.2, -0.15) is 4.31 Å². The van der Waals surface area contributed by atoms with Crippen LogP contribution in [-0.4, -0.2) is 41.9 Å². The van der Waals surface area contributed by atoms with E-state index in [9.17, 15) is 18.3 Å². The summed E-state index contributed by atoms with van der Waals surface area (Å²) in [7, 11) is -3.67. The fraction of sp³-hybridized carbons (Fsp3) is 0.294. The summed E-state index contributed by atoms with van der Waals surface area (Å²) in [6, 6.07) is 6.28. The van der Waals surface area contributed by atoms with Crippen LogP contribution in [0.3, 0.4) is 0 Å². The minimum absolute atomic E-state index is 0.110. The Hall–Kier alpha value is -2.45. The Balaban J connectivity index is 1.87. The van der Waals surface area contributed by atoms with Crippen molar-refractivity contribution < 1.29 is 23.1 Å². The molecule has 1 N–H and O–H groups in total. The maximum Gasteiger partial charge on any atom is 0.337 e. The number of carbonyl (C=O) groups is 1. The zero-order valence-corrected chi connectivity index (χ0v) is 14.5. The van der Waals surface area contributed by atoms with Gasteiger partial charge in [-0.3, -0.25) is 4.98 Å². The van der Waals surface area contributed by atoms with Gasteiger partial charge in [0.2, 0.25) is 10.0 Å². The summed E-state index contributed by atoms with van der Waals surface area (Å²) in [5.41, 5.74) is 1.41. The van der Waals surface area contributed by atoms with Crippen LogP contribution in [-0.2, 0) is 23.0 Å². The first-order chi connectivity index (χ1) is 11.9. The van der Waals surface area contributed by atoms with Gasteiger partial charge in [-0.05, 0) is 48.7 Å². The van der Waals surface area contributed by atoms with Crippen LogP contribution in [0.1, 0.15) is 28.4 Å². The van der Waals surface area contributed by atoms with Crippen LogP contribution in [0.2, 0.25) is 0 Å². The van der Waals surface area contributed by atoms with Gasteiger partial charge in [-0.15, -0.1) is 0 Å². The van der Waals surface area contributed by atoms with Crippen molar-refractivity contribution in [3.63, 3.8) is 0 Å². The van der Waals surface area contributed by atoms with Gasteiger partial charge in [0.15, 0.2) is 0 Å². The molecule has 25 heavy (non-hydrogen) atoms. The van der Waals surface area contributed by atoms with E-state index in [-0.39, 0.29) is 23.5 Å². The van der Waals surface area contributed by atoms with Gasteiger partial charge < -0.3 is 9.84 Å². The first-order valence-corrected chi connectivity index (χ1v) is 9.29. The highest BCUT2D eigenvalue weighted by Crippen LogP contribution is 2.27. The molecule has 1 aromatic carbocycles. The Morgan fingerprint density at radius 1 is 1.28 bits per heavy atom. The molecule has 0 amide bonds. The molecule has 1 aromatic heterocycles. The number of rotatable bonds is 5. The third-order valence-corrected chi connectivity index (χ3v) is 5.97. The summed E-state index contributed by atoms with van der Waals surface area (Å²) in [6.45, 7) is 2.70. The predicted molar refractivity (Wildman–Crippen MR) is 90.1 cm³/mol. The summed E-state index contributed by atoms with van der Waals surface area (Å²) >= 11 is 0. The van der Waals surface area contributed by atoms with Crippen molar-refractivity contribution in [3.05, 3.63) is 53.3 Å². The van der Waals surface area contributed by atoms with E-state index in [2.05, 4.69) is 4.98 Å². The number of nitrogens with zero attached hydrogens (tertiary/aromatic N) is 2. The minimum atomic E-state index is -3.67. The number of aromatic nitrogens is 1. The summed E-state index contributed by atoms with van der Waals surface area (Å²) in [6.07, 6.45) is 3.18. The Morgan fingerprint density at radius 2 is 2.00 bits per heavy atom. The molecule has 0 bridgehead atoms. The molecule has 0 radical (unpaired) electrons. The van der Waals surface area contributed by atoms with Crippen molar-refractivity contribution in [2.45, 2.75) is 24.8 Å². The standard InChI is InChI=1S/C17H18N2O5S/c1-2-24-13-3-5-14(6-4-13)25(22,23)19-8-7-15-12(11-19)9-18-10-16(15)17(20)21/h3-6,9-10H,2,7-8,11H2,1H3,(H,20,21). The number of fused-ring (bicyclic) bond motifs is 1. The van der Waals surface area contributed by atoms with Crippen molar-refractivity contribution in [3.8, 4) is 5.75 Å². The average Bonchev–Trinajstić information content (AvgIpc) is 2.61. The van der Waals surface area contributed by atoms with E-state index in [4.69, 9.17) is 4.74 Å². The second kappa shape index (κ2) is 6.81. The molecule has 0 atom stereocenters. The second-order valence-corrected chi connectivity index (χ2v) is 7.56. The highest BCUT2D eigenvalue weighted by Gasteiger charge is 2.30. The van der Waals surface area contributed by atoms with Crippen LogP contribution < -0.4 is 4.74 Å². The molecule has 8 heteroatoms. The van der Waals surface area contributed by atoms with E-state index >= 15 is 0 Å². The molecule has 1 aliphatic heterocycles. The second-order valence-electron chi connectivity index (χ2n) is 5.62. The third-order valence-electron chi connectivity index (χ3n) is 4.11. The Bertz CT molecular complexity index is 894. The number of sulfonamides is 1. The molecule has 1 aliphatic rings. The number of aromatic carboxylic acids is 1. The fourth-order valence-corrected chi connectivity index (χ4v) is 4.30. The zero-order chi connectivity index (χ0) is 18.0. The van der Waals surface area contributed by atoms with Crippen molar-refractivity contribution >= 4 is 16.0 Å². The lowest BCUT2D eigenvalue weighted by Crippen LogP contribution is -2.36. The Kier molecular flexibility index (Phi) is 4.73. The van der Waals surface area contributed by atoms with E-state index < -0.39 is 16.0 Å². The largest absolute Gasteiger partial charge is 0.494 e. The van der Waals surface area contributed by atoms with Gasteiger partial charge in [-0.25, -0.2) is 13.2 Å². The smallest absolute Gasteiger partial charge is 0.337 e. The summed E-state index contributed by atoms with van der Waals surface area (Å²) < 4.78 is 32.3. The number of benzene rings is 1. The van der Waals surface area contributed by atoms with Gasteiger partial charge in [-0.1, -0.05) is 0 Å². The third kappa shape index (κ3) is 3.35. The summed E-state index contributed by atoms with van der Waals surface area (Å²) in [5, 5.41) is 9.23. The highest BCUT2D eigenvalue weighted by atomic mass is 32.2. The molecule has 0 aliphatic carbocycles. The van der Waals surface area contributed by atoms with Crippen LogP contribution in [0.15, 0.2) is 41.6 Å². The lowest BCUT2D eigenvalue weighted by molar-refractivity contribution is 0.0694. The van der Waals surface area contributed by atoms with Crippen LogP contribution >= 0.6 is 0 Å². The normalized spacial score (nSPS) is 14.8. The van der Waals surface area contributed by atoms with Crippen LogP contribution in [0.5, 0.6) is 5.75 Å². The lowest BCUT2D eigenvalue weighted by Gasteiger charge is -2.28. The molecule has 132 valence electrons. The molecule has 0 fully saturated rings. The summed E-state index contributed by atoms with van der Waals surface area (Å²) in [5.74, 6) is -0.437. The van der Waals surface area contributed by atoms with Crippen LogP contribution in [0, 0.1) is 0 Å². The van der Waals surface area contributed by atoms with Gasteiger partial charge in [0.25, 0.3) is 0 Å². The molecule has 2 aromatic rings. The molecule has 3 rings (SSSR count). The van der Waals surface area contributed by atoms with Gasteiger partial charge in [0.1, 0.15) is 5.75 Å². The zero-order valence-electron chi connectivity index (χ0n) is 13.7. The summed E-state index contributed by atoms with van der Waals surface area (Å²) in [4.78, 5) is 15.4. The molecule has 0 saturated heterocycles. The number of carboxylic acids is 1. The Labute approximate surface area is 145 Å². The molecular weight excluding hydrogens is 344 g/mol. The van der Waals surface area contributed by atoms with Crippen LogP contribution in [0.25, 0.3) is 0 Å². The lowest BCUT2D eigenvalue weighted by atomic mass is 9.98. The topological polar surface area (TPSA) is 96.8 Å². The quantitative estimate of drug-likeness (QED) is 0.873. The van der Waals surface area contributed by atoms with Crippen molar-refractivity contribution in [2.24, 2.45) is 0 Å². The average molecular weight is 362 g/mol. The highest BCUT2D eigenvalue weighted by molar-refractivity contribution is 7.89. The molecular formula is C17H18N2O5S. The fourth-order valence-electron chi connectivity index (χ4n) is 2.88. The Morgan fingerprint density at radius 3 is 2.64 bits per heavy atom. The SMILES string of the molecule is CCOc1ccc(S(=O)(=O)N2CCc3c(cncc3C(=O)O)C2)cc1. The van der Waals surface area contributed by atoms with Crippen molar-refractivity contribution in [2.75, 3.05) is 13.2 Å². The van der Waals surface area contributed by atoms with E-state index in [0.29, 0.717) is 29.9 Å². The predicted octanol–water partition coefficient (Wildman–Crippen LogP) is 1.93. The molecule has 2 heterocycles. The van der Waals surface area contributed by atoms with E-state index in [1.165, 1.54) is 28.8 Å². The number of carboxylic acid groups (broad SMARTS) is 1. The number of ether oxygens (including phenoxy) is 1. The van der Waals surface area contributed by atoms with Gasteiger partial charge >= 0.3 is 5.97 Å². The van der Waals surface area contributed by atoms with Gasteiger partial charge in [0, 0.05) is 25.5 Å². The molecule has 0 spiro atoms. The molecule has 0 saturated carbocycles. The van der Waals surface area contributed by atoms with E-state index in [0.717, 1.165) is 0 Å². The van der Waals surface area contributed by atoms with E-state index in [1.807, 2.05) is 6.92 Å². The monoisotopic (exact) mass is 362 g/mol. The maximum absolute atomic E-state index is 12.8. The van der Waals surface area contributed by atoms with Crippen molar-refractivity contribution in [1.82, 2.24) is 9.29 Å². The number of pyridine rings is 1. The minimum Gasteiger partial charge on any atom is -0.494 e. The first-order valence-electron chi connectivity index (χ1n) is 7.85. The molecule has 0 unspecified atom stereocenters. The van der Waals surface area contributed by atoms with E-state index in [1.54, 1.807) is 12.1 Å². The van der Waals surface area contributed by atoms with Crippen LogP contribution in [0.4, 0.5) is 0 Å². The van der Waals surface area contributed by atoms with Crippen molar-refractivity contribution in [1.29, 1.82) is 0 Å². The number of hydrogen-bond donors (Lipinski definition) is 1. The molecule has 7 nitrogen and oxygen atoms in total. The maximum atomic E-state index is 12.8. The number of hydrogen-bond acceptors (Lipinski definition) is 5. The first kappa shape index (κ1) is 17.4. The van der Waals surface area contributed by atoms with Gasteiger partial charge in [0.05, 0.1) is 17.1 Å².